The Bertz CT molecular complexity index is 766. The highest BCUT2D eigenvalue weighted by molar-refractivity contribution is 6.07. The first-order chi connectivity index (χ1) is 10.2. The van der Waals surface area contributed by atoms with E-state index >= 15 is 0 Å². The zero-order valence-electron chi connectivity index (χ0n) is 11.1. The third-order valence-corrected chi connectivity index (χ3v) is 2.97. The van der Waals surface area contributed by atoms with Gasteiger partial charge in [-0.05, 0) is 24.3 Å². The van der Waals surface area contributed by atoms with Crippen LogP contribution in [0.5, 0.6) is 0 Å². The Morgan fingerprint density at radius 3 is 2.67 bits per heavy atom. The first kappa shape index (κ1) is 12.9. The van der Waals surface area contributed by atoms with Crippen LogP contribution in [0.25, 0.3) is 5.69 Å². The number of anilines is 2. The number of amides is 1. The van der Waals surface area contributed by atoms with Crippen molar-refractivity contribution in [2.24, 2.45) is 0 Å². The summed E-state index contributed by atoms with van der Waals surface area (Å²) in [6, 6.07) is 10.6. The largest absolute Gasteiger partial charge is 0.398 e. The molecule has 1 amide bonds. The molecule has 0 atom stereocenters. The van der Waals surface area contributed by atoms with E-state index in [4.69, 9.17) is 5.73 Å². The Balaban J connectivity index is 1.79. The lowest BCUT2D eigenvalue weighted by atomic mass is 10.1. The molecule has 6 nitrogen and oxygen atoms in total. The predicted molar refractivity (Wildman–Crippen MR) is 80.2 cm³/mol. The molecule has 0 saturated heterocycles. The van der Waals surface area contributed by atoms with Crippen LogP contribution < -0.4 is 11.1 Å². The molecule has 0 spiro atoms. The molecular formula is C15H13N5O. The first-order valence-electron chi connectivity index (χ1n) is 6.35. The van der Waals surface area contributed by atoms with Crippen LogP contribution in [-0.4, -0.2) is 20.7 Å². The number of rotatable bonds is 3. The molecule has 2 aromatic heterocycles. The maximum Gasteiger partial charge on any atom is 0.257 e. The summed E-state index contributed by atoms with van der Waals surface area (Å²) in [5, 5.41) is 6.97. The van der Waals surface area contributed by atoms with E-state index in [1.54, 1.807) is 53.7 Å². The molecule has 3 rings (SSSR count). The summed E-state index contributed by atoms with van der Waals surface area (Å²) in [6.07, 6.45) is 6.67. The van der Waals surface area contributed by atoms with E-state index in [0.29, 0.717) is 16.9 Å². The monoisotopic (exact) mass is 279 g/mol. The minimum absolute atomic E-state index is 0.262. The standard InChI is InChI=1S/C15H13N5O/c16-14-4-2-1-3-13(14)15(21)19-11-9-18-20(10-11)12-5-7-17-8-6-12/h1-10H,16H2,(H,19,21). The van der Waals surface area contributed by atoms with Crippen molar-refractivity contribution in [1.29, 1.82) is 0 Å². The van der Waals surface area contributed by atoms with E-state index in [-0.39, 0.29) is 5.91 Å². The molecule has 0 fully saturated rings. The minimum Gasteiger partial charge on any atom is -0.398 e. The molecule has 0 bridgehead atoms. The zero-order valence-corrected chi connectivity index (χ0v) is 11.1. The number of aromatic nitrogens is 3. The number of carbonyl (C=O) groups excluding carboxylic acids is 1. The van der Waals surface area contributed by atoms with Crippen LogP contribution in [0.3, 0.4) is 0 Å². The van der Waals surface area contributed by atoms with Crippen molar-refractivity contribution in [1.82, 2.24) is 14.8 Å². The molecule has 1 aromatic carbocycles. The van der Waals surface area contributed by atoms with E-state index in [1.165, 1.54) is 0 Å². The molecule has 0 unspecified atom stereocenters. The Morgan fingerprint density at radius 1 is 1.14 bits per heavy atom. The first-order valence-corrected chi connectivity index (χ1v) is 6.35. The van der Waals surface area contributed by atoms with E-state index in [0.717, 1.165) is 5.69 Å². The van der Waals surface area contributed by atoms with Crippen molar-refractivity contribution in [3.05, 3.63) is 66.7 Å². The van der Waals surface area contributed by atoms with Crippen molar-refractivity contribution in [3.8, 4) is 5.69 Å². The van der Waals surface area contributed by atoms with E-state index in [1.807, 2.05) is 12.1 Å². The number of hydrogen-bond donors (Lipinski definition) is 2. The van der Waals surface area contributed by atoms with Crippen LogP contribution in [0.15, 0.2) is 61.2 Å². The summed E-state index contributed by atoms with van der Waals surface area (Å²) in [5.41, 5.74) is 8.13. The lowest BCUT2D eigenvalue weighted by molar-refractivity contribution is 0.102. The van der Waals surface area contributed by atoms with Crippen molar-refractivity contribution < 1.29 is 4.79 Å². The summed E-state index contributed by atoms with van der Waals surface area (Å²) in [7, 11) is 0. The van der Waals surface area contributed by atoms with Gasteiger partial charge in [0.2, 0.25) is 0 Å². The zero-order chi connectivity index (χ0) is 14.7. The number of nitrogens with zero attached hydrogens (tertiary/aromatic N) is 3. The second kappa shape index (κ2) is 5.46. The van der Waals surface area contributed by atoms with E-state index < -0.39 is 0 Å². The van der Waals surface area contributed by atoms with Crippen LogP contribution >= 0.6 is 0 Å². The smallest absolute Gasteiger partial charge is 0.257 e. The number of para-hydroxylation sites is 1. The van der Waals surface area contributed by atoms with Gasteiger partial charge in [-0.15, -0.1) is 0 Å². The highest BCUT2D eigenvalue weighted by Crippen LogP contribution is 2.15. The quantitative estimate of drug-likeness (QED) is 0.719. The highest BCUT2D eigenvalue weighted by Gasteiger charge is 2.10. The van der Waals surface area contributed by atoms with Gasteiger partial charge in [0.15, 0.2) is 0 Å². The normalized spacial score (nSPS) is 10.3. The van der Waals surface area contributed by atoms with Crippen LogP contribution in [0.1, 0.15) is 10.4 Å². The minimum atomic E-state index is -0.262. The van der Waals surface area contributed by atoms with E-state index in [9.17, 15) is 4.79 Å². The predicted octanol–water partition coefficient (Wildman–Crippen LogP) is 2.10. The molecule has 0 radical (unpaired) electrons. The molecular weight excluding hydrogens is 266 g/mol. The highest BCUT2D eigenvalue weighted by atomic mass is 16.1. The topological polar surface area (TPSA) is 85.8 Å². The van der Waals surface area contributed by atoms with Gasteiger partial charge < -0.3 is 11.1 Å². The van der Waals surface area contributed by atoms with Crippen LogP contribution in [-0.2, 0) is 0 Å². The average molecular weight is 279 g/mol. The molecule has 104 valence electrons. The Morgan fingerprint density at radius 2 is 1.90 bits per heavy atom. The fourth-order valence-electron chi connectivity index (χ4n) is 1.93. The Hall–Kier alpha value is -3.15. The molecule has 0 saturated carbocycles. The molecule has 0 aliphatic rings. The second-order valence-corrected chi connectivity index (χ2v) is 4.42. The molecule has 21 heavy (non-hydrogen) atoms. The van der Waals surface area contributed by atoms with Gasteiger partial charge in [-0.25, -0.2) is 4.68 Å². The second-order valence-electron chi connectivity index (χ2n) is 4.42. The van der Waals surface area contributed by atoms with Gasteiger partial charge in [0.25, 0.3) is 5.91 Å². The van der Waals surface area contributed by atoms with Gasteiger partial charge in [0.1, 0.15) is 0 Å². The molecule has 0 aliphatic heterocycles. The van der Waals surface area contributed by atoms with Crippen LogP contribution in [0, 0.1) is 0 Å². The molecule has 0 aliphatic carbocycles. The summed E-state index contributed by atoms with van der Waals surface area (Å²) < 4.78 is 1.66. The third kappa shape index (κ3) is 2.74. The number of nitrogen functional groups attached to an aromatic ring is 1. The maximum atomic E-state index is 12.1. The van der Waals surface area contributed by atoms with E-state index in [2.05, 4.69) is 15.4 Å². The number of carbonyl (C=O) groups is 1. The summed E-state index contributed by atoms with van der Waals surface area (Å²) in [6.45, 7) is 0. The molecule has 3 aromatic rings. The van der Waals surface area contributed by atoms with Crippen molar-refractivity contribution in [2.75, 3.05) is 11.1 Å². The van der Waals surface area contributed by atoms with Gasteiger partial charge in [-0.1, -0.05) is 12.1 Å². The Labute approximate surface area is 121 Å². The summed E-state index contributed by atoms with van der Waals surface area (Å²) >= 11 is 0. The van der Waals surface area contributed by atoms with Crippen LogP contribution in [0.4, 0.5) is 11.4 Å². The van der Waals surface area contributed by atoms with Gasteiger partial charge in [0.05, 0.1) is 29.3 Å². The molecule has 3 N–H and O–H groups in total. The lowest BCUT2D eigenvalue weighted by Gasteiger charge is -2.05. The average Bonchev–Trinajstić information content (AvgIpc) is 2.97. The fourth-order valence-corrected chi connectivity index (χ4v) is 1.93. The summed E-state index contributed by atoms with van der Waals surface area (Å²) in [4.78, 5) is 16.1. The van der Waals surface area contributed by atoms with Gasteiger partial charge >= 0.3 is 0 Å². The SMILES string of the molecule is Nc1ccccc1C(=O)Nc1cnn(-c2ccncc2)c1. The number of pyridine rings is 1. The number of hydrogen-bond acceptors (Lipinski definition) is 4. The molecule has 2 heterocycles. The number of nitrogens with two attached hydrogens (primary N) is 1. The summed E-state index contributed by atoms with van der Waals surface area (Å²) in [5.74, 6) is -0.262. The number of benzene rings is 1. The van der Waals surface area contributed by atoms with Gasteiger partial charge in [-0.3, -0.25) is 9.78 Å². The number of nitrogens with one attached hydrogen (secondary N) is 1. The van der Waals surface area contributed by atoms with Crippen molar-refractivity contribution in [2.45, 2.75) is 0 Å². The van der Waals surface area contributed by atoms with Crippen LogP contribution in [0.2, 0.25) is 0 Å². The lowest BCUT2D eigenvalue weighted by Crippen LogP contribution is -2.13. The Kier molecular flexibility index (Phi) is 3.34. The maximum absolute atomic E-state index is 12.1. The van der Waals surface area contributed by atoms with Gasteiger partial charge in [-0.2, -0.15) is 5.10 Å². The van der Waals surface area contributed by atoms with Crippen molar-refractivity contribution in [3.63, 3.8) is 0 Å². The third-order valence-electron chi connectivity index (χ3n) is 2.97. The van der Waals surface area contributed by atoms with Gasteiger partial charge in [0, 0.05) is 18.1 Å². The fraction of sp³-hybridized carbons (Fsp3) is 0. The van der Waals surface area contributed by atoms with Crippen molar-refractivity contribution >= 4 is 17.3 Å². The molecule has 6 heteroatoms.